The number of ether oxygens (including phenoxy) is 1. The lowest BCUT2D eigenvalue weighted by molar-refractivity contribution is -0.128. The smallest absolute Gasteiger partial charge is 0.260 e. The van der Waals surface area contributed by atoms with E-state index in [1.165, 1.54) is 25.7 Å². The average molecular weight is 326 g/mol. The van der Waals surface area contributed by atoms with Crippen LogP contribution in [0.25, 0.3) is 10.9 Å². The lowest BCUT2D eigenvalue weighted by Crippen LogP contribution is -2.42. The first-order valence-corrected chi connectivity index (χ1v) is 8.97. The summed E-state index contributed by atoms with van der Waals surface area (Å²) in [6.07, 6.45) is 6.58. The van der Waals surface area contributed by atoms with Gasteiger partial charge in [0, 0.05) is 17.1 Å². The summed E-state index contributed by atoms with van der Waals surface area (Å²) in [5.74, 6) is 0.631. The number of hydrogen-bond acceptors (Lipinski definition) is 3. The standard InChI is InChI=1S/C20H26N2O2/c1-14-12-13-16-8-7-11-18(19(16)21-14)24-15(2)20(23)22-17-9-5-3-4-6-10-17/h7-8,11-13,15,17H,3-6,9-10H2,1-2H3,(H,22,23)/t15-/m0/s1. The maximum Gasteiger partial charge on any atom is 0.260 e. The van der Waals surface area contributed by atoms with Crippen molar-refractivity contribution in [3.05, 3.63) is 36.0 Å². The van der Waals surface area contributed by atoms with Crippen LogP contribution < -0.4 is 10.1 Å². The van der Waals surface area contributed by atoms with Crippen LogP contribution in [0, 0.1) is 6.92 Å². The molecule has 1 aromatic carbocycles. The largest absolute Gasteiger partial charge is 0.479 e. The van der Waals surface area contributed by atoms with E-state index in [0.717, 1.165) is 29.4 Å². The third kappa shape index (κ3) is 4.05. The molecule has 128 valence electrons. The number of benzene rings is 1. The second-order valence-electron chi connectivity index (χ2n) is 6.74. The van der Waals surface area contributed by atoms with Gasteiger partial charge in [0.25, 0.3) is 5.91 Å². The summed E-state index contributed by atoms with van der Waals surface area (Å²) in [6, 6.07) is 10.1. The molecule has 0 bridgehead atoms. The molecule has 1 saturated carbocycles. The molecule has 1 heterocycles. The quantitative estimate of drug-likeness (QED) is 0.859. The maximum absolute atomic E-state index is 12.5. The van der Waals surface area contributed by atoms with Crippen LogP contribution in [0.2, 0.25) is 0 Å². The minimum Gasteiger partial charge on any atom is -0.479 e. The summed E-state index contributed by atoms with van der Waals surface area (Å²) in [5, 5.41) is 4.18. The minimum atomic E-state index is -0.527. The Morgan fingerprint density at radius 2 is 1.92 bits per heavy atom. The number of carbonyl (C=O) groups excluding carboxylic acids is 1. The third-order valence-corrected chi connectivity index (χ3v) is 4.70. The zero-order valence-electron chi connectivity index (χ0n) is 14.5. The van der Waals surface area contributed by atoms with Crippen LogP contribution >= 0.6 is 0 Å². The molecule has 0 spiro atoms. The number of amides is 1. The van der Waals surface area contributed by atoms with Crippen molar-refractivity contribution in [1.82, 2.24) is 10.3 Å². The predicted octanol–water partition coefficient (Wildman–Crippen LogP) is 4.15. The maximum atomic E-state index is 12.5. The molecule has 3 rings (SSSR count). The van der Waals surface area contributed by atoms with E-state index in [2.05, 4.69) is 10.3 Å². The Morgan fingerprint density at radius 1 is 1.17 bits per heavy atom. The van der Waals surface area contributed by atoms with Crippen molar-refractivity contribution in [2.24, 2.45) is 0 Å². The highest BCUT2D eigenvalue weighted by atomic mass is 16.5. The average Bonchev–Trinajstić information content (AvgIpc) is 2.84. The van der Waals surface area contributed by atoms with Crippen LogP contribution in [-0.2, 0) is 4.79 Å². The zero-order valence-corrected chi connectivity index (χ0v) is 14.5. The number of nitrogens with one attached hydrogen (secondary N) is 1. The Kier molecular flexibility index (Phi) is 5.34. The van der Waals surface area contributed by atoms with E-state index in [-0.39, 0.29) is 5.91 Å². The molecule has 1 aliphatic rings. The molecular weight excluding hydrogens is 300 g/mol. The molecule has 0 unspecified atom stereocenters. The van der Waals surface area contributed by atoms with Crippen LogP contribution in [0.3, 0.4) is 0 Å². The highest BCUT2D eigenvalue weighted by Gasteiger charge is 2.20. The summed E-state index contributed by atoms with van der Waals surface area (Å²) in [7, 11) is 0. The first kappa shape index (κ1) is 16.7. The minimum absolute atomic E-state index is 0.0356. The van der Waals surface area contributed by atoms with Gasteiger partial charge in [0.15, 0.2) is 6.10 Å². The molecule has 4 nitrogen and oxygen atoms in total. The number of rotatable bonds is 4. The molecule has 1 N–H and O–H groups in total. The lowest BCUT2D eigenvalue weighted by Gasteiger charge is -2.20. The molecule has 1 fully saturated rings. The fourth-order valence-corrected chi connectivity index (χ4v) is 3.30. The van der Waals surface area contributed by atoms with Crippen molar-refractivity contribution in [2.45, 2.75) is 64.5 Å². The van der Waals surface area contributed by atoms with E-state index >= 15 is 0 Å². The number of hydrogen-bond donors (Lipinski definition) is 1. The summed E-state index contributed by atoms with van der Waals surface area (Å²) in [4.78, 5) is 17.0. The summed E-state index contributed by atoms with van der Waals surface area (Å²) in [6.45, 7) is 3.76. The number of carbonyl (C=O) groups is 1. The van der Waals surface area contributed by atoms with E-state index in [1.807, 2.05) is 37.3 Å². The van der Waals surface area contributed by atoms with Crippen LogP contribution in [0.15, 0.2) is 30.3 Å². The van der Waals surface area contributed by atoms with Gasteiger partial charge in [0.2, 0.25) is 0 Å². The van der Waals surface area contributed by atoms with E-state index in [0.29, 0.717) is 11.8 Å². The first-order valence-electron chi connectivity index (χ1n) is 8.97. The van der Waals surface area contributed by atoms with Crippen molar-refractivity contribution in [2.75, 3.05) is 0 Å². The fraction of sp³-hybridized carbons (Fsp3) is 0.500. The van der Waals surface area contributed by atoms with Gasteiger partial charge in [-0.1, -0.05) is 43.9 Å². The third-order valence-electron chi connectivity index (χ3n) is 4.70. The van der Waals surface area contributed by atoms with Crippen molar-refractivity contribution >= 4 is 16.8 Å². The van der Waals surface area contributed by atoms with Gasteiger partial charge in [0.1, 0.15) is 11.3 Å². The number of fused-ring (bicyclic) bond motifs is 1. The number of pyridine rings is 1. The Bertz CT molecular complexity index is 706. The van der Waals surface area contributed by atoms with Gasteiger partial charge in [-0.05, 0) is 38.8 Å². The van der Waals surface area contributed by atoms with Crippen molar-refractivity contribution in [1.29, 1.82) is 0 Å². The Labute approximate surface area is 143 Å². The summed E-state index contributed by atoms with van der Waals surface area (Å²) < 4.78 is 5.94. The molecule has 4 heteroatoms. The van der Waals surface area contributed by atoms with Gasteiger partial charge in [-0.15, -0.1) is 0 Å². The fourth-order valence-electron chi connectivity index (χ4n) is 3.30. The SMILES string of the molecule is Cc1ccc2cccc(O[C@@H](C)C(=O)NC3CCCCCC3)c2n1. The molecule has 24 heavy (non-hydrogen) atoms. The van der Waals surface area contributed by atoms with Gasteiger partial charge in [-0.2, -0.15) is 0 Å². The molecule has 1 aliphatic carbocycles. The number of aromatic nitrogens is 1. The molecule has 0 aliphatic heterocycles. The molecular formula is C20H26N2O2. The van der Waals surface area contributed by atoms with Crippen LogP contribution in [0.5, 0.6) is 5.75 Å². The van der Waals surface area contributed by atoms with Gasteiger partial charge in [-0.3, -0.25) is 4.79 Å². The van der Waals surface area contributed by atoms with Crippen molar-refractivity contribution in [3.8, 4) is 5.75 Å². The number of nitrogens with zero attached hydrogens (tertiary/aromatic N) is 1. The van der Waals surface area contributed by atoms with Gasteiger partial charge in [0.05, 0.1) is 0 Å². The second-order valence-corrected chi connectivity index (χ2v) is 6.74. The van der Waals surface area contributed by atoms with Crippen molar-refractivity contribution < 1.29 is 9.53 Å². The van der Waals surface area contributed by atoms with Crippen LogP contribution in [0.1, 0.15) is 51.1 Å². The van der Waals surface area contributed by atoms with E-state index in [9.17, 15) is 4.79 Å². The molecule has 0 saturated heterocycles. The van der Waals surface area contributed by atoms with E-state index in [1.54, 1.807) is 6.92 Å². The van der Waals surface area contributed by atoms with Gasteiger partial charge >= 0.3 is 0 Å². The van der Waals surface area contributed by atoms with Crippen molar-refractivity contribution in [3.63, 3.8) is 0 Å². The number of aryl methyl sites for hydroxylation is 1. The summed E-state index contributed by atoms with van der Waals surface area (Å²) >= 11 is 0. The van der Waals surface area contributed by atoms with Crippen LogP contribution in [-0.4, -0.2) is 23.0 Å². The highest BCUT2D eigenvalue weighted by Crippen LogP contribution is 2.25. The Balaban J connectivity index is 1.68. The number of para-hydroxylation sites is 1. The molecule has 0 radical (unpaired) electrons. The van der Waals surface area contributed by atoms with E-state index in [4.69, 9.17) is 4.74 Å². The predicted molar refractivity (Wildman–Crippen MR) is 96.2 cm³/mol. The van der Waals surface area contributed by atoms with Crippen LogP contribution in [0.4, 0.5) is 0 Å². The van der Waals surface area contributed by atoms with Gasteiger partial charge < -0.3 is 10.1 Å². The topological polar surface area (TPSA) is 51.2 Å². The second kappa shape index (κ2) is 7.65. The molecule has 2 aromatic rings. The lowest BCUT2D eigenvalue weighted by atomic mass is 10.1. The highest BCUT2D eigenvalue weighted by molar-refractivity contribution is 5.86. The molecule has 1 amide bonds. The Morgan fingerprint density at radius 3 is 2.67 bits per heavy atom. The molecule has 1 atom stereocenters. The van der Waals surface area contributed by atoms with Gasteiger partial charge in [-0.25, -0.2) is 4.98 Å². The normalized spacial score (nSPS) is 17.2. The first-order chi connectivity index (χ1) is 11.6. The monoisotopic (exact) mass is 326 g/mol. The molecule has 1 aromatic heterocycles. The zero-order chi connectivity index (χ0) is 16.9. The van der Waals surface area contributed by atoms with E-state index < -0.39 is 6.10 Å². The summed E-state index contributed by atoms with van der Waals surface area (Å²) in [5.41, 5.74) is 1.75. The Hall–Kier alpha value is -2.10.